The fraction of sp³-hybridized carbons (Fsp3) is 0.179. The number of hydrogen-bond donors (Lipinski definition) is 2. The number of nitrogens with zero attached hydrogens (tertiary/aromatic N) is 1. The molecule has 9 nitrogen and oxygen atoms in total. The van der Waals surface area contributed by atoms with E-state index in [0.717, 1.165) is 0 Å². The molecule has 1 atom stereocenters. The normalized spacial score (nSPS) is 12.1. The largest absolute Gasteiger partial charge is 0.481 e. The topological polar surface area (TPSA) is 136 Å². The zero-order valence-corrected chi connectivity index (χ0v) is 22.6. The van der Waals surface area contributed by atoms with Gasteiger partial charge in [0.2, 0.25) is 0 Å². The maximum Gasteiger partial charge on any atom is 0.412 e. The summed E-state index contributed by atoms with van der Waals surface area (Å²) in [6.45, 7) is 3.35. The molecule has 0 saturated heterocycles. The van der Waals surface area contributed by atoms with Crippen molar-refractivity contribution in [1.29, 1.82) is 0 Å². The quantitative estimate of drug-likeness (QED) is 0.243. The van der Waals surface area contributed by atoms with Crippen LogP contribution >= 0.6 is 11.6 Å². The third-order valence-electron chi connectivity index (χ3n) is 5.91. The van der Waals surface area contributed by atoms with Gasteiger partial charge in [0.05, 0.1) is 17.1 Å². The maximum absolute atomic E-state index is 12.9. The summed E-state index contributed by atoms with van der Waals surface area (Å²) in [4.78, 5) is 23.7. The molecule has 0 aliphatic carbocycles. The Hall–Kier alpha value is -4.15. The van der Waals surface area contributed by atoms with Crippen LogP contribution in [0.25, 0.3) is 11.3 Å². The molecule has 39 heavy (non-hydrogen) atoms. The van der Waals surface area contributed by atoms with Gasteiger partial charge in [-0.05, 0) is 43.2 Å². The zero-order chi connectivity index (χ0) is 28.2. The first-order valence-corrected chi connectivity index (χ1v) is 13.9. The number of benzene rings is 3. The van der Waals surface area contributed by atoms with Gasteiger partial charge < -0.3 is 14.4 Å². The van der Waals surface area contributed by atoms with Gasteiger partial charge in [-0.2, -0.15) is 0 Å². The van der Waals surface area contributed by atoms with Crippen molar-refractivity contribution in [3.63, 3.8) is 0 Å². The van der Waals surface area contributed by atoms with Crippen molar-refractivity contribution < 1.29 is 32.4 Å². The van der Waals surface area contributed by atoms with E-state index in [4.69, 9.17) is 26.0 Å². The van der Waals surface area contributed by atoms with E-state index >= 15 is 0 Å². The molecule has 0 radical (unpaired) electrons. The molecule has 0 bridgehead atoms. The number of hydrogen-bond acceptors (Lipinski definition) is 7. The van der Waals surface area contributed by atoms with Crippen molar-refractivity contribution in [3.05, 3.63) is 100 Å². The van der Waals surface area contributed by atoms with Crippen LogP contribution in [0.3, 0.4) is 0 Å². The molecule has 0 aliphatic rings. The molecular weight excluding hydrogens is 544 g/mol. The van der Waals surface area contributed by atoms with Crippen LogP contribution < -0.4 is 5.32 Å². The molecular formula is C28H25ClN2O7S. The number of nitrogens with one attached hydrogen (secondary N) is 1. The van der Waals surface area contributed by atoms with Crippen molar-refractivity contribution in [2.24, 2.45) is 0 Å². The molecule has 3 aromatic carbocycles. The number of carboxylic acid groups (broad SMARTS) is 1. The van der Waals surface area contributed by atoms with E-state index in [1.54, 1.807) is 68.4 Å². The van der Waals surface area contributed by atoms with Gasteiger partial charge in [0.1, 0.15) is 17.5 Å². The van der Waals surface area contributed by atoms with Crippen molar-refractivity contribution in [2.75, 3.05) is 5.32 Å². The van der Waals surface area contributed by atoms with Crippen LogP contribution in [-0.4, -0.2) is 30.7 Å². The van der Waals surface area contributed by atoms with Crippen molar-refractivity contribution in [1.82, 2.24) is 5.16 Å². The standard InChI is InChI=1S/C28H25ClN2O7S/c1-17(23-8-3-4-9-24(23)29)37-28(34)30-26-18(2)38-31-27(26)21-12-10-19(11-13-21)16-39(35,36)22-7-5-6-20(14-22)15-25(32)33/h3-14,17H,15-16H2,1-2H3,(H,30,34)(H,32,33). The Morgan fingerprint density at radius 1 is 1.05 bits per heavy atom. The minimum absolute atomic E-state index is 0.0495. The second-order valence-electron chi connectivity index (χ2n) is 8.83. The highest BCUT2D eigenvalue weighted by molar-refractivity contribution is 7.90. The highest BCUT2D eigenvalue weighted by Gasteiger charge is 2.21. The molecule has 0 aliphatic heterocycles. The predicted octanol–water partition coefficient (Wildman–Crippen LogP) is 6.21. The fourth-order valence-corrected chi connectivity index (χ4v) is 5.67. The van der Waals surface area contributed by atoms with E-state index in [9.17, 15) is 18.0 Å². The van der Waals surface area contributed by atoms with Gasteiger partial charge in [-0.1, -0.05) is 71.4 Å². The number of sulfone groups is 1. The van der Waals surface area contributed by atoms with Gasteiger partial charge in [0.25, 0.3) is 0 Å². The van der Waals surface area contributed by atoms with E-state index in [1.807, 2.05) is 0 Å². The average molecular weight is 569 g/mol. The number of rotatable bonds is 9. The lowest BCUT2D eigenvalue weighted by atomic mass is 10.1. The molecule has 4 aromatic rings. The van der Waals surface area contributed by atoms with E-state index in [1.165, 1.54) is 18.2 Å². The minimum Gasteiger partial charge on any atom is -0.481 e. The summed E-state index contributed by atoms with van der Waals surface area (Å²) in [6, 6.07) is 19.6. The zero-order valence-electron chi connectivity index (χ0n) is 21.0. The Bertz CT molecular complexity index is 1620. The summed E-state index contributed by atoms with van der Waals surface area (Å²) in [5.74, 6) is -0.959. The highest BCUT2D eigenvalue weighted by atomic mass is 35.5. The van der Waals surface area contributed by atoms with E-state index in [-0.39, 0.29) is 17.1 Å². The summed E-state index contributed by atoms with van der Waals surface area (Å²) in [6.07, 6.45) is -1.59. The first-order valence-electron chi connectivity index (χ1n) is 11.8. The third-order valence-corrected chi connectivity index (χ3v) is 7.94. The summed E-state index contributed by atoms with van der Waals surface area (Å²) in [5, 5.41) is 16.2. The fourth-order valence-electron chi connectivity index (χ4n) is 3.96. The van der Waals surface area contributed by atoms with Crippen molar-refractivity contribution in [3.8, 4) is 11.3 Å². The summed E-state index contributed by atoms with van der Waals surface area (Å²) in [5.41, 5.74) is 2.85. The SMILES string of the molecule is Cc1onc(-c2ccc(CS(=O)(=O)c3cccc(CC(=O)O)c3)cc2)c1NC(=O)OC(C)c1ccccc1Cl. The van der Waals surface area contributed by atoms with Gasteiger partial charge in [0, 0.05) is 16.1 Å². The molecule has 1 heterocycles. The van der Waals surface area contributed by atoms with E-state index < -0.39 is 28.0 Å². The summed E-state index contributed by atoms with van der Waals surface area (Å²) >= 11 is 6.19. The number of amides is 1. The van der Waals surface area contributed by atoms with Gasteiger partial charge in [-0.25, -0.2) is 13.2 Å². The average Bonchev–Trinajstić information content (AvgIpc) is 3.24. The second-order valence-corrected chi connectivity index (χ2v) is 11.2. The number of halogens is 1. The van der Waals surface area contributed by atoms with E-state index in [2.05, 4.69) is 10.5 Å². The smallest absolute Gasteiger partial charge is 0.412 e. The molecule has 202 valence electrons. The molecule has 0 saturated carbocycles. The number of aromatic nitrogens is 1. The number of aliphatic carboxylic acids is 1. The Balaban J connectivity index is 1.47. The Labute approximate surface area is 230 Å². The van der Waals surface area contributed by atoms with Gasteiger partial charge in [-0.3, -0.25) is 10.1 Å². The number of carbonyl (C=O) groups is 2. The number of aryl methyl sites for hydroxylation is 1. The second kappa shape index (κ2) is 11.7. The Morgan fingerprint density at radius 3 is 2.46 bits per heavy atom. The minimum atomic E-state index is -3.72. The lowest BCUT2D eigenvalue weighted by molar-refractivity contribution is -0.136. The van der Waals surface area contributed by atoms with Crippen LogP contribution in [0.15, 0.2) is 82.2 Å². The molecule has 2 N–H and O–H groups in total. The first kappa shape index (κ1) is 27.9. The summed E-state index contributed by atoms with van der Waals surface area (Å²) in [7, 11) is -3.72. The molecule has 4 rings (SSSR count). The Morgan fingerprint density at radius 2 is 1.77 bits per heavy atom. The van der Waals surface area contributed by atoms with Crippen molar-refractivity contribution >= 4 is 39.2 Å². The van der Waals surface area contributed by atoms with Crippen molar-refractivity contribution in [2.45, 2.75) is 37.0 Å². The lowest BCUT2D eigenvalue weighted by Gasteiger charge is -2.15. The number of anilines is 1. The van der Waals surface area contributed by atoms with Crippen LogP contribution in [-0.2, 0) is 31.5 Å². The van der Waals surface area contributed by atoms with Gasteiger partial charge in [0.15, 0.2) is 15.6 Å². The molecule has 1 aromatic heterocycles. The molecule has 1 amide bonds. The number of carbonyl (C=O) groups excluding carboxylic acids is 1. The maximum atomic E-state index is 12.9. The lowest BCUT2D eigenvalue weighted by Crippen LogP contribution is -2.17. The van der Waals surface area contributed by atoms with E-state index in [0.29, 0.717) is 44.4 Å². The molecule has 0 fully saturated rings. The Kier molecular flexibility index (Phi) is 8.37. The molecule has 0 spiro atoms. The monoisotopic (exact) mass is 568 g/mol. The van der Waals surface area contributed by atoms with Gasteiger partial charge in [-0.15, -0.1) is 0 Å². The first-order chi connectivity index (χ1) is 18.5. The van der Waals surface area contributed by atoms with Crippen LogP contribution in [0.5, 0.6) is 0 Å². The van der Waals surface area contributed by atoms with Crippen LogP contribution in [0, 0.1) is 6.92 Å². The van der Waals surface area contributed by atoms with Crippen LogP contribution in [0.4, 0.5) is 10.5 Å². The third kappa shape index (κ3) is 6.84. The molecule has 11 heteroatoms. The molecule has 1 unspecified atom stereocenters. The predicted molar refractivity (Wildman–Crippen MR) is 145 cm³/mol. The van der Waals surface area contributed by atoms with Crippen LogP contribution in [0.1, 0.15) is 35.5 Å². The highest BCUT2D eigenvalue weighted by Crippen LogP contribution is 2.32. The van der Waals surface area contributed by atoms with Crippen LogP contribution in [0.2, 0.25) is 5.02 Å². The number of ether oxygens (including phenoxy) is 1. The summed E-state index contributed by atoms with van der Waals surface area (Å²) < 4.78 is 36.6. The number of carboxylic acids is 1. The van der Waals surface area contributed by atoms with Gasteiger partial charge >= 0.3 is 12.1 Å².